The highest BCUT2D eigenvalue weighted by Gasteiger charge is 2.20. The summed E-state index contributed by atoms with van der Waals surface area (Å²) < 4.78 is 11.9. The summed E-state index contributed by atoms with van der Waals surface area (Å²) in [6.07, 6.45) is 14.7. The lowest BCUT2D eigenvalue weighted by atomic mass is 10.1. The molecule has 2 nitrogen and oxygen atoms in total. The van der Waals surface area contributed by atoms with Crippen LogP contribution in [0.3, 0.4) is 0 Å². The van der Waals surface area contributed by atoms with Gasteiger partial charge in [-0.25, -0.2) is 0 Å². The van der Waals surface area contributed by atoms with Gasteiger partial charge in [-0.1, -0.05) is 70.7 Å². The van der Waals surface area contributed by atoms with E-state index in [1.165, 1.54) is 44.9 Å². The summed E-state index contributed by atoms with van der Waals surface area (Å²) in [6.45, 7) is 9.24. The minimum absolute atomic E-state index is 0.693. The summed E-state index contributed by atoms with van der Waals surface area (Å²) in [5, 5.41) is 0. The number of hydrogen-bond acceptors (Lipinski definition) is 4. The SMILES string of the molecule is CCCCCCCCCC=C(C)OP(=S)(OCCC)SCCC. The van der Waals surface area contributed by atoms with E-state index in [0.717, 1.165) is 30.8 Å². The first kappa shape index (κ1) is 23.5. The third-order valence-corrected chi connectivity index (χ3v) is 8.84. The van der Waals surface area contributed by atoms with E-state index in [2.05, 4.69) is 26.8 Å². The fraction of sp³-hybridized carbons (Fsp3) is 0.889. The zero-order chi connectivity index (χ0) is 17.4. The normalized spacial score (nSPS) is 14.7. The van der Waals surface area contributed by atoms with Gasteiger partial charge < -0.3 is 9.05 Å². The number of rotatable bonds is 16. The molecule has 0 fully saturated rings. The average Bonchev–Trinajstić information content (AvgIpc) is 2.53. The fourth-order valence-corrected chi connectivity index (χ4v) is 6.96. The van der Waals surface area contributed by atoms with Gasteiger partial charge in [0.2, 0.25) is 0 Å². The van der Waals surface area contributed by atoms with E-state index in [0.29, 0.717) is 6.61 Å². The van der Waals surface area contributed by atoms with Crippen molar-refractivity contribution in [1.29, 1.82) is 0 Å². The van der Waals surface area contributed by atoms with Crippen LogP contribution in [0.2, 0.25) is 0 Å². The first-order valence-electron chi connectivity index (χ1n) is 9.33. The summed E-state index contributed by atoms with van der Waals surface area (Å²) >= 11 is 7.35. The first-order chi connectivity index (χ1) is 11.1. The number of unbranched alkanes of at least 4 members (excludes halogenated alkanes) is 7. The van der Waals surface area contributed by atoms with Crippen molar-refractivity contribution in [1.82, 2.24) is 0 Å². The summed E-state index contributed by atoms with van der Waals surface area (Å²) in [5.41, 5.74) is -2.20. The molecule has 0 spiro atoms. The number of allylic oxidation sites excluding steroid dienone is 2. The van der Waals surface area contributed by atoms with Gasteiger partial charge in [0.15, 0.2) is 0 Å². The Morgan fingerprint density at radius 2 is 1.61 bits per heavy atom. The van der Waals surface area contributed by atoms with Gasteiger partial charge in [-0.05, 0) is 50.5 Å². The Morgan fingerprint density at radius 1 is 0.957 bits per heavy atom. The highest BCUT2D eigenvalue weighted by molar-refractivity contribution is 8.67. The molecule has 1 unspecified atom stereocenters. The van der Waals surface area contributed by atoms with Crippen LogP contribution < -0.4 is 0 Å². The van der Waals surface area contributed by atoms with Crippen molar-refractivity contribution in [2.24, 2.45) is 0 Å². The highest BCUT2D eigenvalue weighted by atomic mass is 32.9. The minimum atomic E-state index is -2.20. The van der Waals surface area contributed by atoms with Crippen LogP contribution in [0, 0.1) is 0 Å². The van der Waals surface area contributed by atoms with Crippen molar-refractivity contribution >= 4 is 28.9 Å². The maximum absolute atomic E-state index is 6.03. The van der Waals surface area contributed by atoms with Crippen LogP contribution in [0.5, 0.6) is 0 Å². The van der Waals surface area contributed by atoms with Crippen LogP contribution in [0.25, 0.3) is 0 Å². The predicted octanol–water partition coefficient (Wildman–Crippen LogP) is 7.84. The maximum Gasteiger partial charge on any atom is 0.297 e. The monoisotopic (exact) mass is 380 g/mol. The lowest BCUT2D eigenvalue weighted by molar-refractivity contribution is 0.298. The largest absolute Gasteiger partial charge is 0.441 e. The quantitative estimate of drug-likeness (QED) is 0.154. The van der Waals surface area contributed by atoms with Crippen molar-refractivity contribution in [3.05, 3.63) is 11.8 Å². The minimum Gasteiger partial charge on any atom is -0.441 e. The summed E-state index contributed by atoms with van der Waals surface area (Å²) in [7, 11) is 0. The molecular weight excluding hydrogens is 343 g/mol. The maximum atomic E-state index is 6.03. The molecule has 0 saturated carbocycles. The Labute approximate surface area is 154 Å². The van der Waals surface area contributed by atoms with E-state index in [9.17, 15) is 0 Å². The van der Waals surface area contributed by atoms with Crippen molar-refractivity contribution < 1.29 is 9.05 Å². The van der Waals surface area contributed by atoms with Crippen LogP contribution in [-0.4, -0.2) is 12.4 Å². The smallest absolute Gasteiger partial charge is 0.297 e. The molecule has 0 bridgehead atoms. The van der Waals surface area contributed by atoms with Gasteiger partial charge in [0.1, 0.15) is 0 Å². The van der Waals surface area contributed by atoms with Crippen LogP contribution in [-0.2, 0) is 20.9 Å². The van der Waals surface area contributed by atoms with Crippen molar-refractivity contribution in [2.45, 2.75) is 91.9 Å². The molecule has 0 radical (unpaired) electrons. The Bertz CT molecular complexity index is 334. The van der Waals surface area contributed by atoms with E-state index in [1.54, 1.807) is 11.4 Å². The van der Waals surface area contributed by atoms with E-state index in [1.807, 2.05) is 6.92 Å². The molecule has 0 aromatic carbocycles. The molecule has 0 aromatic heterocycles. The molecule has 5 heteroatoms. The lowest BCUT2D eigenvalue weighted by Gasteiger charge is -2.22. The van der Waals surface area contributed by atoms with E-state index >= 15 is 0 Å². The second-order valence-electron chi connectivity index (χ2n) is 5.93. The zero-order valence-corrected chi connectivity index (χ0v) is 18.2. The molecule has 0 aliphatic carbocycles. The average molecular weight is 381 g/mol. The van der Waals surface area contributed by atoms with Gasteiger partial charge >= 0.3 is 0 Å². The van der Waals surface area contributed by atoms with Crippen molar-refractivity contribution in [3.8, 4) is 0 Å². The third-order valence-electron chi connectivity index (χ3n) is 3.40. The molecule has 23 heavy (non-hydrogen) atoms. The van der Waals surface area contributed by atoms with Gasteiger partial charge in [0, 0.05) is 5.75 Å². The van der Waals surface area contributed by atoms with Gasteiger partial charge in [-0.15, -0.1) is 0 Å². The highest BCUT2D eigenvalue weighted by Crippen LogP contribution is 2.62. The molecule has 0 amide bonds. The van der Waals surface area contributed by atoms with Crippen LogP contribution in [0.4, 0.5) is 0 Å². The molecule has 0 aliphatic heterocycles. The molecule has 0 saturated heterocycles. The number of hydrogen-bond donors (Lipinski definition) is 0. The van der Waals surface area contributed by atoms with Crippen LogP contribution >= 0.6 is 17.1 Å². The molecule has 138 valence electrons. The Hall–Kier alpha value is 0.500. The molecule has 0 rings (SSSR count). The summed E-state index contributed by atoms with van der Waals surface area (Å²) in [5.74, 6) is 1.95. The zero-order valence-electron chi connectivity index (χ0n) is 15.6. The van der Waals surface area contributed by atoms with Gasteiger partial charge in [-0.3, -0.25) is 0 Å². The molecule has 0 heterocycles. The Kier molecular flexibility index (Phi) is 16.3. The van der Waals surface area contributed by atoms with Gasteiger partial charge in [-0.2, -0.15) is 0 Å². The van der Waals surface area contributed by atoms with Gasteiger partial charge in [0.05, 0.1) is 12.4 Å². The fourth-order valence-electron chi connectivity index (χ4n) is 2.12. The Balaban J connectivity index is 4.03. The van der Waals surface area contributed by atoms with Crippen LogP contribution in [0.15, 0.2) is 11.8 Å². The summed E-state index contributed by atoms with van der Waals surface area (Å²) in [6, 6.07) is 0. The van der Waals surface area contributed by atoms with Crippen molar-refractivity contribution in [3.63, 3.8) is 0 Å². The van der Waals surface area contributed by atoms with Crippen LogP contribution in [0.1, 0.15) is 91.9 Å². The standard InChI is InChI=1S/C18H37O2PS2/c1-5-8-9-10-11-12-13-14-15-18(4)20-21(22,19-16-6-2)23-17-7-3/h15H,5-14,16-17H2,1-4H3. The van der Waals surface area contributed by atoms with Crippen molar-refractivity contribution in [2.75, 3.05) is 12.4 Å². The first-order valence-corrected chi connectivity index (χ1v) is 13.6. The molecule has 0 aromatic rings. The topological polar surface area (TPSA) is 18.5 Å². The molecule has 1 atom stereocenters. The van der Waals surface area contributed by atoms with E-state index < -0.39 is 5.69 Å². The van der Waals surface area contributed by atoms with Gasteiger partial charge in [0.25, 0.3) is 5.69 Å². The van der Waals surface area contributed by atoms with E-state index in [4.69, 9.17) is 20.9 Å². The third kappa shape index (κ3) is 14.5. The predicted molar refractivity (Wildman–Crippen MR) is 111 cm³/mol. The second kappa shape index (κ2) is 16.0. The van der Waals surface area contributed by atoms with E-state index in [-0.39, 0.29) is 0 Å². The molecule has 0 aliphatic rings. The second-order valence-corrected chi connectivity index (χ2v) is 12.3. The molecular formula is C18H37O2PS2. The summed E-state index contributed by atoms with van der Waals surface area (Å²) in [4.78, 5) is 0. The Morgan fingerprint density at radius 3 is 2.22 bits per heavy atom. The lowest BCUT2D eigenvalue weighted by Crippen LogP contribution is -1.94. The molecule has 0 N–H and O–H groups in total.